The van der Waals surface area contributed by atoms with Crippen LogP contribution >= 0.6 is 0 Å². The Morgan fingerprint density at radius 1 is 0.933 bits per heavy atom. The first-order valence-electron chi connectivity index (χ1n) is 9.88. The lowest BCUT2D eigenvalue weighted by Crippen LogP contribution is -2.32. The highest BCUT2D eigenvalue weighted by Crippen LogP contribution is 2.56. The molecule has 4 atom stereocenters. The number of carbonyl (C=O) groups is 3. The van der Waals surface area contributed by atoms with Gasteiger partial charge in [0.1, 0.15) is 5.75 Å². The number of non-ortho nitro benzene ring substituents is 1. The molecule has 1 saturated heterocycles. The molecule has 1 aliphatic heterocycles. The van der Waals surface area contributed by atoms with Crippen LogP contribution in [0.1, 0.15) is 29.6 Å². The van der Waals surface area contributed by atoms with Crippen LogP contribution in [-0.2, 0) is 9.59 Å². The molecular formula is C22H18N2O6. The van der Waals surface area contributed by atoms with Gasteiger partial charge in [-0.15, -0.1) is 0 Å². The molecule has 0 aromatic heterocycles. The lowest BCUT2D eigenvalue weighted by molar-refractivity contribution is -0.384. The molecular weight excluding hydrogens is 388 g/mol. The van der Waals surface area contributed by atoms with Crippen molar-refractivity contribution < 1.29 is 24.0 Å². The van der Waals surface area contributed by atoms with Crippen LogP contribution in [0.5, 0.6) is 5.75 Å². The van der Waals surface area contributed by atoms with Gasteiger partial charge in [0.25, 0.3) is 5.69 Å². The maximum Gasteiger partial charge on any atom is 0.343 e. The molecule has 2 bridgehead atoms. The molecule has 3 aliphatic rings. The molecule has 152 valence electrons. The average Bonchev–Trinajstić information content (AvgIpc) is 3.42. The predicted molar refractivity (Wildman–Crippen MR) is 105 cm³/mol. The summed E-state index contributed by atoms with van der Waals surface area (Å²) in [5.74, 6) is -0.454. The van der Waals surface area contributed by atoms with E-state index in [2.05, 4.69) is 0 Å². The summed E-state index contributed by atoms with van der Waals surface area (Å²) in [5, 5.41) is 10.7. The van der Waals surface area contributed by atoms with Crippen LogP contribution in [0.25, 0.3) is 0 Å². The second kappa shape index (κ2) is 6.76. The number of nitro benzene ring substituents is 1. The number of amides is 2. The maximum absolute atomic E-state index is 12.9. The van der Waals surface area contributed by atoms with Gasteiger partial charge in [-0.1, -0.05) is 0 Å². The van der Waals surface area contributed by atoms with Crippen LogP contribution in [0.2, 0.25) is 0 Å². The number of imide groups is 1. The number of carbonyl (C=O) groups excluding carboxylic acids is 3. The molecule has 5 rings (SSSR count). The Balaban J connectivity index is 1.31. The van der Waals surface area contributed by atoms with E-state index in [0.717, 1.165) is 19.3 Å². The van der Waals surface area contributed by atoms with E-state index in [1.807, 2.05) is 0 Å². The molecule has 8 nitrogen and oxygen atoms in total. The number of nitrogens with zero attached hydrogens (tertiary/aromatic N) is 2. The Labute approximate surface area is 171 Å². The topological polar surface area (TPSA) is 107 Å². The summed E-state index contributed by atoms with van der Waals surface area (Å²) < 4.78 is 5.23. The van der Waals surface area contributed by atoms with E-state index in [1.165, 1.54) is 41.3 Å². The Morgan fingerprint density at radius 3 is 2.03 bits per heavy atom. The van der Waals surface area contributed by atoms with E-state index in [-0.39, 0.29) is 40.7 Å². The van der Waals surface area contributed by atoms with Gasteiger partial charge in [0.15, 0.2) is 0 Å². The number of nitro groups is 1. The predicted octanol–water partition coefficient (Wildman–Crippen LogP) is 3.35. The normalized spacial score (nSPS) is 26.7. The molecule has 2 amide bonds. The lowest BCUT2D eigenvalue weighted by atomic mass is 9.81. The van der Waals surface area contributed by atoms with Crippen LogP contribution in [-0.4, -0.2) is 22.7 Å². The van der Waals surface area contributed by atoms with Gasteiger partial charge in [0.05, 0.1) is 28.0 Å². The molecule has 0 spiro atoms. The highest BCUT2D eigenvalue weighted by molar-refractivity contribution is 6.22. The molecule has 2 aliphatic carbocycles. The SMILES string of the molecule is O=C(Oc1ccc([N+](=O)[O-])cc1)c1ccc(N2C(=O)[C@@H]3[C@H]4CC[C@@H](C4)[C@@H]3C2=O)cc1. The van der Waals surface area contributed by atoms with Gasteiger partial charge in [0, 0.05) is 12.1 Å². The van der Waals surface area contributed by atoms with Gasteiger partial charge in [-0.3, -0.25) is 24.6 Å². The van der Waals surface area contributed by atoms with Crippen molar-refractivity contribution in [3.63, 3.8) is 0 Å². The Hall–Kier alpha value is -3.55. The molecule has 30 heavy (non-hydrogen) atoms. The first-order valence-corrected chi connectivity index (χ1v) is 9.88. The number of benzene rings is 2. The number of ether oxygens (including phenoxy) is 1. The minimum absolute atomic E-state index is 0.0997. The second-order valence-electron chi connectivity index (χ2n) is 8.08. The maximum atomic E-state index is 12.9. The monoisotopic (exact) mass is 406 g/mol. The highest BCUT2D eigenvalue weighted by atomic mass is 16.6. The summed E-state index contributed by atoms with van der Waals surface area (Å²) in [6.07, 6.45) is 3.02. The van der Waals surface area contributed by atoms with E-state index in [0.29, 0.717) is 17.5 Å². The molecule has 1 heterocycles. The second-order valence-corrected chi connectivity index (χ2v) is 8.08. The number of hydrogen-bond donors (Lipinski definition) is 0. The van der Waals surface area contributed by atoms with E-state index >= 15 is 0 Å². The van der Waals surface area contributed by atoms with Gasteiger partial charge >= 0.3 is 5.97 Å². The molecule has 2 saturated carbocycles. The third-order valence-corrected chi connectivity index (χ3v) is 6.55. The molecule has 2 aromatic carbocycles. The number of fused-ring (bicyclic) bond motifs is 5. The van der Waals surface area contributed by atoms with Crippen LogP contribution in [0.3, 0.4) is 0 Å². The Bertz CT molecular complexity index is 1030. The third-order valence-electron chi connectivity index (χ3n) is 6.55. The molecule has 0 N–H and O–H groups in total. The van der Waals surface area contributed by atoms with Crippen molar-refractivity contribution in [1.29, 1.82) is 0 Å². The van der Waals surface area contributed by atoms with Gasteiger partial charge in [-0.05, 0) is 67.5 Å². The standard InChI is InChI=1S/C22H18N2O6/c25-20-18-13-1-2-14(11-13)19(18)21(26)23(20)15-5-3-12(4-6-15)22(27)30-17-9-7-16(8-10-17)24(28)29/h3-10,13-14,18-19H,1-2,11H2/t13-,14-,18-,19+/m0/s1. The molecule has 8 heteroatoms. The van der Waals surface area contributed by atoms with Crippen molar-refractivity contribution in [2.45, 2.75) is 19.3 Å². The molecule has 2 aromatic rings. The van der Waals surface area contributed by atoms with Crippen molar-refractivity contribution in [3.8, 4) is 5.75 Å². The first kappa shape index (κ1) is 18.5. The average molecular weight is 406 g/mol. The molecule has 0 unspecified atom stereocenters. The van der Waals surface area contributed by atoms with E-state index in [1.54, 1.807) is 12.1 Å². The summed E-state index contributed by atoms with van der Waals surface area (Å²) in [6, 6.07) is 11.4. The van der Waals surface area contributed by atoms with Crippen molar-refractivity contribution in [2.75, 3.05) is 4.90 Å². The summed E-state index contributed by atoms with van der Waals surface area (Å²) in [4.78, 5) is 49.5. The zero-order chi connectivity index (χ0) is 21.0. The van der Waals surface area contributed by atoms with Crippen LogP contribution in [0, 0.1) is 33.8 Å². The largest absolute Gasteiger partial charge is 0.423 e. The number of rotatable bonds is 4. The minimum atomic E-state index is -0.635. The number of hydrogen-bond acceptors (Lipinski definition) is 6. The fourth-order valence-electron chi connectivity index (χ4n) is 5.21. The van der Waals surface area contributed by atoms with Crippen molar-refractivity contribution in [3.05, 3.63) is 64.2 Å². The van der Waals surface area contributed by atoms with E-state index in [9.17, 15) is 24.5 Å². The van der Waals surface area contributed by atoms with E-state index < -0.39 is 10.9 Å². The van der Waals surface area contributed by atoms with Crippen molar-refractivity contribution in [2.24, 2.45) is 23.7 Å². The number of esters is 1. The van der Waals surface area contributed by atoms with Crippen molar-refractivity contribution in [1.82, 2.24) is 0 Å². The van der Waals surface area contributed by atoms with E-state index in [4.69, 9.17) is 4.74 Å². The highest BCUT2D eigenvalue weighted by Gasteiger charge is 2.61. The minimum Gasteiger partial charge on any atom is -0.423 e. The first-order chi connectivity index (χ1) is 14.4. The van der Waals surface area contributed by atoms with Crippen LogP contribution < -0.4 is 9.64 Å². The lowest BCUT2D eigenvalue weighted by Gasteiger charge is -2.19. The van der Waals surface area contributed by atoms with Crippen molar-refractivity contribution >= 4 is 29.2 Å². The quantitative estimate of drug-likeness (QED) is 0.253. The summed E-state index contributed by atoms with van der Waals surface area (Å²) in [6.45, 7) is 0. The van der Waals surface area contributed by atoms with Crippen LogP contribution in [0.15, 0.2) is 48.5 Å². The zero-order valence-electron chi connectivity index (χ0n) is 15.9. The Morgan fingerprint density at radius 2 is 1.50 bits per heavy atom. The number of anilines is 1. The van der Waals surface area contributed by atoms with Gasteiger partial charge in [-0.25, -0.2) is 4.79 Å². The fraction of sp³-hybridized carbons (Fsp3) is 0.318. The third kappa shape index (κ3) is 2.79. The zero-order valence-corrected chi connectivity index (χ0v) is 15.9. The fourth-order valence-corrected chi connectivity index (χ4v) is 5.21. The van der Waals surface area contributed by atoms with Gasteiger partial charge in [0.2, 0.25) is 11.8 Å². The summed E-state index contributed by atoms with van der Waals surface area (Å²) in [5.41, 5.74) is 0.611. The molecule has 3 fully saturated rings. The summed E-state index contributed by atoms with van der Waals surface area (Å²) in [7, 11) is 0. The van der Waals surface area contributed by atoms with Crippen LogP contribution in [0.4, 0.5) is 11.4 Å². The van der Waals surface area contributed by atoms with Gasteiger partial charge in [-0.2, -0.15) is 0 Å². The molecule has 0 radical (unpaired) electrons. The Kier molecular flexibility index (Phi) is 4.16. The van der Waals surface area contributed by atoms with Gasteiger partial charge < -0.3 is 4.74 Å². The smallest absolute Gasteiger partial charge is 0.343 e. The summed E-state index contributed by atoms with van der Waals surface area (Å²) >= 11 is 0.